The van der Waals surface area contributed by atoms with E-state index < -0.39 is 17.8 Å². The number of thioether (sulfide) groups is 1. The molecule has 0 atom stereocenters. The number of para-hydroxylation sites is 1. The van der Waals surface area contributed by atoms with Gasteiger partial charge in [-0.05, 0) is 59.7 Å². The van der Waals surface area contributed by atoms with Crippen molar-refractivity contribution in [2.75, 3.05) is 23.0 Å². The van der Waals surface area contributed by atoms with Gasteiger partial charge in [0, 0.05) is 23.3 Å². The van der Waals surface area contributed by atoms with E-state index in [0.29, 0.717) is 35.5 Å². The third-order valence-electron chi connectivity index (χ3n) is 5.32. The zero-order valence-corrected chi connectivity index (χ0v) is 18.1. The molecule has 3 aromatic rings. The summed E-state index contributed by atoms with van der Waals surface area (Å²) in [7, 11) is 0. The van der Waals surface area contributed by atoms with E-state index in [1.54, 1.807) is 36.6 Å². The van der Waals surface area contributed by atoms with E-state index in [4.69, 9.17) is 0 Å². The molecular weight excluding hydrogens is 435 g/mol. The van der Waals surface area contributed by atoms with Gasteiger partial charge in [0.05, 0.1) is 16.9 Å². The Hall–Kier alpha value is -3.26. The van der Waals surface area contributed by atoms with Crippen LogP contribution in [0.2, 0.25) is 0 Å². The number of aromatic nitrogens is 1. The van der Waals surface area contributed by atoms with Crippen molar-refractivity contribution in [3.8, 4) is 11.1 Å². The van der Waals surface area contributed by atoms with Crippen LogP contribution in [0.5, 0.6) is 0 Å². The lowest BCUT2D eigenvalue weighted by molar-refractivity contribution is -0.139. The summed E-state index contributed by atoms with van der Waals surface area (Å²) < 4.78 is 42.6. The van der Waals surface area contributed by atoms with Gasteiger partial charge in [0.2, 0.25) is 0 Å². The predicted octanol–water partition coefficient (Wildman–Crippen LogP) is 6.73. The Kier molecular flexibility index (Phi) is 5.97. The van der Waals surface area contributed by atoms with Crippen molar-refractivity contribution >= 4 is 35.2 Å². The molecule has 8 heteroatoms. The predicted molar refractivity (Wildman–Crippen MR) is 123 cm³/mol. The number of urea groups is 1. The molecule has 1 N–H and O–H groups in total. The molecule has 0 unspecified atom stereocenters. The summed E-state index contributed by atoms with van der Waals surface area (Å²) in [5.41, 5.74) is 2.16. The van der Waals surface area contributed by atoms with Gasteiger partial charge in [0.25, 0.3) is 0 Å². The second-order valence-electron chi connectivity index (χ2n) is 7.20. The summed E-state index contributed by atoms with van der Waals surface area (Å²) >= 11 is 0.988. The molecular formula is C24H20F3N3OS. The van der Waals surface area contributed by atoms with Gasteiger partial charge >= 0.3 is 12.2 Å². The van der Waals surface area contributed by atoms with E-state index in [2.05, 4.69) is 16.9 Å². The first-order valence-electron chi connectivity index (χ1n) is 9.87. The zero-order valence-electron chi connectivity index (χ0n) is 17.2. The van der Waals surface area contributed by atoms with Crippen molar-refractivity contribution in [2.24, 2.45) is 0 Å². The van der Waals surface area contributed by atoms with Gasteiger partial charge in [-0.15, -0.1) is 11.8 Å². The van der Waals surface area contributed by atoms with Gasteiger partial charge in [-0.1, -0.05) is 30.8 Å². The Morgan fingerprint density at radius 2 is 2.00 bits per heavy atom. The number of benzene rings is 2. The van der Waals surface area contributed by atoms with E-state index in [1.165, 1.54) is 23.2 Å². The molecule has 1 aromatic heterocycles. The Labute approximate surface area is 188 Å². The number of nitrogens with one attached hydrogen (secondary N) is 1. The molecule has 4 nitrogen and oxygen atoms in total. The SMILES string of the molecule is C=Cc1cc(-c2ccc(NC(=O)N3CCc4ccccc43)c(C(F)(F)F)c2SC)ccn1. The first-order valence-corrected chi connectivity index (χ1v) is 11.1. The van der Waals surface area contributed by atoms with Crippen LogP contribution in [0.4, 0.5) is 29.3 Å². The smallest absolute Gasteiger partial charge is 0.307 e. The highest BCUT2D eigenvalue weighted by atomic mass is 32.2. The van der Waals surface area contributed by atoms with Gasteiger partial charge in [0.15, 0.2) is 0 Å². The number of amides is 2. The number of rotatable bonds is 4. The van der Waals surface area contributed by atoms with Crippen LogP contribution in [0.3, 0.4) is 0 Å². The number of carbonyl (C=O) groups is 1. The summed E-state index contributed by atoms with van der Waals surface area (Å²) in [5.74, 6) is 0. The Morgan fingerprint density at radius 1 is 1.22 bits per heavy atom. The second-order valence-corrected chi connectivity index (χ2v) is 8.02. The minimum absolute atomic E-state index is 0.0401. The molecule has 2 amide bonds. The van der Waals surface area contributed by atoms with Gasteiger partial charge < -0.3 is 5.32 Å². The lowest BCUT2D eigenvalue weighted by Gasteiger charge is -2.23. The maximum atomic E-state index is 14.2. The number of hydrogen-bond acceptors (Lipinski definition) is 3. The van der Waals surface area contributed by atoms with Gasteiger partial charge in [-0.3, -0.25) is 9.88 Å². The largest absolute Gasteiger partial charge is 0.419 e. The van der Waals surface area contributed by atoms with Crippen molar-refractivity contribution in [3.63, 3.8) is 0 Å². The zero-order chi connectivity index (χ0) is 22.9. The topological polar surface area (TPSA) is 45.2 Å². The van der Waals surface area contributed by atoms with E-state index >= 15 is 0 Å². The first kappa shape index (κ1) is 22.0. The number of carbonyl (C=O) groups excluding carboxylic acids is 1. The number of halogens is 3. The molecule has 0 saturated carbocycles. The highest BCUT2D eigenvalue weighted by molar-refractivity contribution is 7.98. The van der Waals surface area contributed by atoms with Crippen molar-refractivity contribution in [1.29, 1.82) is 0 Å². The summed E-state index contributed by atoms with van der Waals surface area (Å²) in [6.07, 6.45) is 0.665. The molecule has 4 rings (SSSR count). The van der Waals surface area contributed by atoms with Gasteiger partial charge in [0.1, 0.15) is 0 Å². The van der Waals surface area contributed by atoms with E-state index in [-0.39, 0.29) is 10.6 Å². The molecule has 2 heterocycles. The fraction of sp³-hybridized carbons (Fsp3) is 0.167. The Morgan fingerprint density at radius 3 is 2.72 bits per heavy atom. The number of hydrogen-bond donors (Lipinski definition) is 1. The molecule has 0 radical (unpaired) electrons. The third kappa shape index (κ3) is 4.10. The molecule has 0 bridgehead atoms. The first-order chi connectivity index (χ1) is 15.3. The molecule has 0 saturated heterocycles. The average molecular weight is 456 g/mol. The van der Waals surface area contributed by atoms with E-state index in [9.17, 15) is 18.0 Å². The Bertz CT molecular complexity index is 1190. The minimum Gasteiger partial charge on any atom is -0.307 e. The van der Waals surface area contributed by atoms with Crippen LogP contribution in [0.15, 0.2) is 66.2 Å². The number of nitrogens with zero attached hydrogens (tertiary/aromatic N) is 2. The van der Waals surface area contributed by atoms with Crippen molar-refractivity contribution in [1.82, 2.24) is 4.98 Å². The van der Waals surface area contributed by atoms with Crippen LogP contribution in [-0.4, -0.2) is 23.8 Å². The highest BCUT2D eigenvalue weighted by Crippen LogP contribution is 2.45. The molecule has 0 spiro atoms. The number of anilines is 2. The molecule has 0 aliphatic carbocycles. The van der Waals surface area contributed by atoms with Crippen molar-refractivity contribution < 1.29 is 18.0 Å². The lowest BCUT2D eigenvalue weighted by atomic mass is 10.0. The van der Waals surface area contributed by atoms with Crippen LogP contribution in [0.25, 0.3) is 17.2 Å². The molecule has 2 aromatic carbocycles. The standard InChI is InChI=1S/C24H20F3N3OS/c1-3-17-14-16(10-12-28-17)18-8-9-19(21(22(18)32-2)24(25,26)27)29-23(31)30-13-11-15-6-4-5-7-20(15)30/h3-10,12,14H,1,11,13H2,2H3,(H,29,31). The minimum atomic E-state index is -4.66. The molecule has 164 valence electrons. The highest BCUT2D eigenvalue weighted by Gasteiger charge is 2.38. The van der Waals surface area contributed by atoms with Crippen LogP contribution in [-0.2, 0) is 12.6 Å². The molecule has 0 fully saturated rings. The summed E-state index contributed by atoms with van der Waals surface area (Å²) in [5, 5.41) is 2.50. The quantitative estimate of drug-likeness (QED) is 0.444. The second kappa shape index (κ2) is 8.70. The van der Waals surface area contributed by atoms with Crippen LogP contribution in [0, 0.1) is 0 Å². The fourth-order valence-corrected chi connectivity index (χ4v) is 4.70. The van der Waals surface area contributed by atoms with Crippen molar-refractivity contribution in [3.05, 3.63) is 78.1 Å². The normalized spacial score (nSPS) is 13.1. The van der Waals surface area contributed by atoms with Gasteiger partial charge in [-0.2, -0.15) is 13.2 Å². The van der Waals surface area contributed by atoms with Gasteiger partial charge in [-0.25, -0.2) is 4.79 Å². The lowest BCUT2D eigenvalue weighted by Crippen LogP contribution is -2.34. The third-order valence-corrected chi connectivity index (χ3v) is 6.15. The molecule has 1 aliphatic rings. The number of pyridine rings is 1. The van der Waals surface area contributed by atoms with Crippen LogP contribution >= 0.6 is 11.8 Å². The maximum absolute atomic E-state index is 14.2. The van der Waals surface area contributed by atoms with E-state index in [0.717, 1.165) is 17.3 Å². The molecule has 32 heavy (non-hydrogen) atoms. The fourth-order valence-electron chi connectivity index (χ4n) is 3.87. The van der Waals surface area contributed by atoms with Crippen LogP contribution < -0.4 is 10.2 Å². The maximum Gasteiger partial charge on any atom is 0.419 e. The molecule has 1 aliphatic heterocycles. The average Bonchev–Trinajstić information content (AvgIpc) is 3.22. The van der Waals surface area contributed by atoms with E-state index in [1.807, 2.05) is 12.1 Å². The number of fused-ring (bicyclic) bond motifs is 1. The monoisotopic (exact) mass is 455 g/mol. The summed E-state index contributed by atoms with van der Waals surface area (Å²) in [6, 6.07) is 13.0. The Balaban J connectivity index is 1.76. The number of alkyl halides is 3. The van der Waals surface area contributed by atoms with Crippen LogP contribution in [0.1, 0.15) is 16.8 Å². The summed E-state index contributed by atoms with van der Waals surface area (Å²) in [6.45, 7) is 4.08. The van der Waals surface area contributed by atoms with Crippen molar-refractivity contribution in [2.45, 2.75) is 17.5 Å². The summed E-state index contributed by atoms with van der Waals surface area (Å²) in [4.78, 5) is 18.5.